The van der Waals surface area contributed by atoms with E-state index in [1.165, 1.54) is 6.07 Å². The van der Waals surface area contributed by atoms with Crippen molar-refractivity contribution in [3.63, 3.8) is 0 Å². The minimum Gasteiger partial charge on any atom is -0.478 e. The highest BCUT2D eigenvalue weighted by Crippen LogP contribution is 2.14. The van der Waals surface area contributed by atoms with Crippen LogP contribution in [0.3, 0.4) is 0 Å². The first-order valence-electron chi connectivity index (χ1n) is 4.58. The molecule has 4 nitrogen and oxygen atoms in total. The Labute approximate surface area is 88.3 Å². The third-order valence-electron chi connectivity index (χ3n) is 1.89. The summed E-state index contributed by atoms with van der Waals surface area (Å²) in [7, 11) is 0. The molecule has 1 heterocycles. The second kappa shape index (κ2) is 5.23. The fourth-order valence-corrected chi connectivity index (χ4v) is 1.18. The fourth-order valence-electron chi connectivity index (χ4n) is 1.18. The van der Waals surface area contributed by atoms with Crippen LogP contribution in [-0.2, 0) is 6.54 Å². The average molecular weight is 207 g/mol. The fraction of sp³-hybridized carbons (Fsp3) is 0.364. The van der Waals surface area contributed by atoms with E-state index in [9.17, 15) is 4.79 Å². The van der Waals surface area contributed by atoms with Crippen LogP contribution in [0.15, 0.2) is 10.5 Å². The van der Waals surface area contributed by atoms with Crippen LogP contribution >= 0.6 is 0 Å². The van der Waals surface area contributed by atoms with Crippen molar-refractivity contribution in [3.05, 3.63) is 23.2 Å². The van der Waals surface area contributed by atoms with Gasteiger partial charge in [-0.15, -0.1) is 5.92 Å². The number of rotatable bonds is 4. The normalized spacial score (nSPS) is 9.47. The van der Waals surface area contributed by atoms with E-state index in [2.05, 4.69) is 17.2 Å². The molecule has 0 radical (unpaired) electrons. The molecule has 0 saturated heterocycles. The molecule has 0 saturated carbocycles. The maximum Gasteiger partial charge on any atom is 0.339 e. The van der Waals surface area contributed by atoms with Crippen molar-refractivity contribution in [2.45, 2.75) is 20.4 Å². The van der Waals surface area contributed by atoms with Gasteiger partial charge >= 0.3 is 5.97 Å². The van der Waals surface area contributed by atoms with Gasteiger partial charge in [0.1, 0.15) is 17.1 Å². The maximum absolute atomic E-state index is 10.7. The number of hydrogen-bond acceptors (Lipinski definition) is 3. The Morgan fingerprint density at radius 2 is 2.40 bits per heavy atom. The van der Waals surface area contributed by atoms with Gasteiger partial charge < -0.3 is 9.52 Å². The monoisotopic (exact) mass is 207 g/mol. The van der Waals surface area contributed by atoms with Crippen LogP contribution in [0.25, 0.3) is 0 Å². The summed E-state index contributed by atoms with van der Waals surface area (Å²) in [4.78, 5) is 10.7. The molecular formula is C11H13NO3. The smallest absolute Gasteiger partial charge is 0.339 e. The van der Waals surface area contributed by atoms with Crippen molar-refractivity contribution in [2.24, 2.45) is 0 Å². The molecule has 80 valence electrons. The van der Waals surface area contributed by atoms with E-state index in [-0.39, 0.29) is 5.56 Å². The zero-order chi connectivity index (χ0) is 11.3. The highest BCUT2D eigenvalue weighted by atomic mass is 16.4. The Morgan fingerprint density at radius 1 is 1.67 bits per heavy atom. The van der Waals surface area contributed by atoms with Gasteiger partial charge in [0, 0.05) is 0 Å². The molecule has 2 N–H and O–H groups in total. The summed E-state index contributed by atoms with van der Waals surface area (Å²) in [6.45, 7) is 4.46. The molecule has 0 bridgehead atoms. The Morgan fingerprint density at radius 3 is 2.93 bits per heavy atom. The van der Waals surface area contributed by atoms with Gasteiger partial charge in [-0.25, -0.2) is 4.79 Å². The molecule has 0 fully saturated rings. The van der Waals surface area contributed by atoms with Crippen LogP contribution < -0.4 is 5.32 Å². The Bertz CT molecular complexity index is 409. The molecular weight excluding hydrogens is 194 g/mol. The minimum absolute atomic E-state index is 0.216. The SMILES string of the molecule is CC#CCNCc1cc(C(=O)O)c(C)o1. The lowest BCUT2D eigenvalue weighted by atomic mass is 10.2. The maximum atomic E-state index is 10.7. The number of carboxylic acids is 1. The Kier molecular flexibility index (Phi) is 3.95. The van der Waals surface area contributed by atoms with Crippen molar-refractivity contribution >= 4 is 5.97 Å². The van der Waals surface area contributed by atoms with Crippen LogP contribution in [0, 0.1) is 18.8 Å². The van der Waals surface area contributed by atoms with Gasteiger partial charge in [-0.05, 0) is 19.9 Å². The average Bonchev–Trinajstić information content (AvgIpc) is 2.55. The summed E-state index contributed by atoms with van der Waals surface area (Å²) in [5.41, 5.74) is 0.216. The first-order valence-corrected chi connectivity index (χ1v) is 4.58. The lowest BCUT2D eigenvalue weighted by molar-refractivity contribution is 0.0695. The van der Waals surface area contributed by atoms with Gasteiger partial charge in [0.25, 0.3) is 0 Å². The number of aryl methyl sites for hydroxylation is 1. The number of aromatic carboxylic acids is 1. The largest absolute Gasteiger partial charge is 0.478 e. The van der Waals surface area contributed by atoms with Gasteiger partial charge in [-0.2, -0.15) is 0 Å². The molecule has 0 unspecified atom stereocenters. The predicted molar refractivity (Wildman–Crippen MR) is 55.6 cm³/mol. The molecule has 1 aromatic heterocycles. The summed E-state index contributed by atoms with van der Waals surface area (Å²) >= 11 is 0. The van der Waals surface area contributed by atoms with Gasteiger partial charge in [-0.3, -0.25) is 5.32 Å². The molecule has 0 amide bonds. The van der Waals surface area contributed by atoms with Crippen molar-refractivity contribution in [2.75, 3.05) is 6.54 Å². The molecule has 0 aliphatic heterocycles. The second-order valence-corrected chi connectivity index (χ2v) is 3.02. The molecule has 0 aromatic carbocycles. The summed E-state index contributed by atoms with van der Waals surface area (Å²) in [6, 6.07) is 1.53. The van der Waals surface area contributed by atoms with Crippen LogP contribution in [0.5, 0.6) is 0 Å². The van der Waals surface area contributed by atoms with Crippen LogP contribution in [0.2, 0.25) is 0 Å². The predicted octanol–water partition coefficient (Wildman–Crippen LogP) is 1.40. The van der Waals surface area contributed by atoms with Crippen LogP contribution in [0.1, 0.15) is 28.8 Å². The molecule has 0 aliphatic rings. The van der Waals surface area contributed by atoms with E-state index in [4.69, 9.17) is 9.52 Å². The lowest BCUT2D eigenvalue weighted by Gasteiger charge is -1.95. The minimum atomic E-state index is -0.962. The zero-order valence-electron chi connectivity index (χ0n) is 8.76. The Balaban J connectivity index is 2.58. The first kappa shape index (κ1) is 11.3. The summed E-state index contributed by atoms with van der Waals surface area (Å²) in [6.07, 6.45) is 0. The number of nitrogens with one attached hydrogen (secondary N) is 1. The quantitative estimate of drug-likeness (QED) is 0.578. The first-order chi connectivity index (χ1) is 7.15. The van der Waals surface area contributed by atoms with Crippen molar-refractivity contribution < 1.29 is 14.3 Å². The van der Waals surface area contributed by atoms with Gasteiger partial charge in [0.2, 0.25) is 0 Å². The summed E-state index contributed by atoms with van der Waals surface area (Å²) in [5.74, 6) is 5.68. The summed E-state index contributed by atoms with van der Waals surface area (Å²) in [5, 5.41) is 11.8. The molecule has 1 rings (SSSR count). The van der Waals surface area contributed by atoms with E-state index in [0.29, 0.717) is 24.6 Å². The van der Waals surface area contributed by atoms with Crippen molar-refractivity contribution in [1.29, 1.82) is 0 Å². The number of carbonyl (C=O) groups is 1. The molecule has 15 heavy (non-hydrogen) atoms. The number of furan rings is 1. The zero-order valence-corrected chi connectivity index (χ0v) is 8.76. The van der Waals surface area contributed by atoms with Crippen molar-refractivity contribution in [3.8, 4) is 11.8 Å². The third-order valence-corrected chi connectivity index (χ3v) is 1.89. The number of hydrogen-bond donors (Lipinski definition) is 2. The van der Waals surface area contributed by atoms with Gasteiger partial charge in [0.05, 0.1) is 13.1 Å². The Hall–Kier alpha value is -1.73. The van der Waals surface area contributed by atoms with E-state index >= 15 is 0 Å². The topological polar surface area (TPSA) is 62.5 Å². The molecule has 0 aliphatic carbocycles. The van der Waals surface area contributed by atoms with Gasteiger partial charge in [-0.1, -0.05) is 5.92 Å². The molecule has 1 aromatic rings. The second-order valence-electron chi connectivity index (χ2n) is 3.02. The molecule has 4 heteroatoms. The highest BCUT2D eigenvalue weighted by Gasteiger charge is 2.12. The molecule has 0 spiro atoms. The van der Waals surface area contributed by atoms with E-state index in [0.717, 1.165) is 0 Å². The van der Waals surface area contributed by atoms with E-state index < -0.39 is 5.97 Å². The van der Waals surface area contributed by atoms with Gasteiger partial charge in [0.15, 0.2) is 0 Å². The highest BCUT2D eigenvalue weighted by molar-refractivity contribution is 5.88. The molecule has 0 atom stereocenters. The summed E-state index contributed by atoms with van der Waals surface area (Å²) < 4.78 is 5.26. The van der Waals surface area contributed by atoms with Crippen LogP contribution in [-0.4, -0.2) is 17.6 Å². The third kappa shape index (κ3) is 3.15. The van der Waals surface area contributed by atoms with E-state index in [1.54, 1.807) is 13.8 Å². The lowest BCUT2D eigenvalue weighted by Crippen LogP contribution is -2.12. The van der Waals surface area contributed by atoms with Crippen molar-refractivity contribution in [1.82, 2.24) is 5.32 Å². The van der Waals surface area contributed by atoms with Crippen LogP contribution in [0.4, 0.5) is 0 Å². The number of carboxylic acid groups (broad SMARTS) is 1. The van der Waals surface area contributed by atoms with E-state index in [1.807, 2.05) is 0 Å². The standard InChI is InChI=1S/C11H13NO3/c1-3-4-5-12-7-9-6-10(11(13)14)8(2)15-9/h6,12H,5,7H2,1-2H3,(H,13,14).